The molecule has 8 atom stereocenters. The molecule has 9 amide bonds. The summed E-state index contributed by atoms with van der Waals surface area (Å²) < 4.78 is 50.1. The van der Waals surface area contributed by atoms with E-state index < -0.39 is 232 Å². The Kier molecular flexibility index (Phi) is 38.4. The van der Waals surface area contributed by atoms with Crippen molar-refractivity contribution < 1.29 is 129 Å². The molecule has 0 saturated heterocycles. The van der Waals surface area contributed by atoms with Crippen molar-refractivity contribution in [2.75, 3.05) is 63.4 Å². The minimum absolute atomic E-state index is 0.00466. The summed E-state index contributed by atoms with van der Waals surface area (Å²) in [5, 5.41) is 43.2. The zero-order valence-corrected chi connectivity index (χ0v) is 60.1. The molecule has 0 aliphatic heterocycles. The summed E-state index contributed by atoms with van der Waals surface area (Å²) in [4.78, 5) is 221. The maximum absolute atomic E-state index is 14.3. The SMILES string of the molecule is COC(=O)C[C@H](NC(=O)C[C@H](NCn1cc(CNC(=O)C[C@H](NC(=O)[C@H](CCCCNC(=O)OC(C)(C)C)NC(=O)OC(C)(C)C)C(=O)NCc2cn(CN[C@@H](CC(=O)N[C@@H](CC(=O)OC)C(=O)OC)C(=O)N[C@@H](CC(=O)OC)C(=O)OC)nn2)nn1)C(=O)N[C@@H](CC(=O)OC)C(=O)OC)C(=O)OC. The average molecular weight is 1480 g/mol. The molecular weight excluding hydrogens is 1390 g/mol. The van der Waals surface area contributed by atoms with E-state index in [-0.39, 0.29) is 37.2 Å². The molecule has 0 aliphatic carbocycles. The molecular formula is C60H93N17O27. The zero-order chi connectivity index (χ0) is 78.4. The third-order valence-electron chi connectivity index (χ3n) is 13.8. The number of aromatic nitrogens is 6. The van der Waals surface area contributed by atoms with E-state index >= 15 is 0 Å². The molecule has 0 spiro atoms. The molecule has 0 aromatic carbocycles. The summed E-state index contributed by atoms with van der Waals surface area (Å²) in [5.41, 5.74) is -1.80. The molecule has 0 fully saturated rings. The Bertz CT molecular complexity index is 3310. The van der Waals surface area contributed by atoms with Crippen molar-refractivity contribution >= 4 is 101 Å². The summed E-state index contributed by atoms with van der Waals surface area (Å²) in [6.07, 6.45) is -4.01. The van der Waals surface area contributed by atoms with Gasteiger partial charge in [0.1, 0.15) is 58.8 Å². The molecule has 2 aromatic rings. The fourth-order valence-electron chi connectivity index (χ4n) is 8.61. The van der Waals surface area contributed by atoms with Gasteiger partial charge in [-0.2, -0.15) is 0 Å². The lowest BCUT2D eigenvalue weighted by atomic mass is 10.1. The van der Waals surface area contributed by atoms with E-state index in [0.29, 0.717) is 0 Å². The van der Waals surface area contributed by atoms with Crippen molar-refractivity contribution in [3.63, 3.8) is 0 Å². The minimum Gasteiger partial charge on any atom is -0.469 e. The van der Waals surface area contributed by atoms with Crippen LogP contribution < -0.4 is 58.5 Å². The van der Waals surface area contributed by atoms with Gasteiger partial charge in [-0.1, -0.05) is 10.4 Å². The van der Waals surface area contributed by atoms with Crippen LogP contribution in [0.3, 0.4) is 0 Å². The Balaban J connectivity index is 2.54. The van der Waals surface area contributed by atoms with Crippen LogP contribution in [0.2, 0.25) is 0 Å². The summed E-state index contributed by atoms with van der Waals surface area (Å²) in [7, 11) is 8.07. The summed E-state index contributed by atoms with van der Waals surface area (Å²) in [6, 6.07) is -12.8. The number of alkyl carbamates (subject to hydrolysis) is 2. The van der Waals surface area contributed by atoms with Crippen molar-refractivity contribution in [2.45, 2.75) is 192 Å². The van der Waals surface area contributed by atoms with E-state index in [4.69, 9.17) is 18.9 Å². The third kappa shape index (κ3) is 34.9. The average Bonchev–Trinajstić information content (AvgIpc) is 1.23. The number of methoxy groups -OCH3 is 8. The maximum atomic E-state index is 14.3. The van der Waals surface area contributed by atoms with Gasteiger partial charge >= 0.3 is 59.9 Å². The van der Waals surface area contributed by atoms with Gasteiger partial charge in [-0.05, 0) is 60.8 Å². The molecule has 0 saturated carbocycles. The van der Waals surface area contributed by atoms with Gasteiger partial charge in [0.15, 0.2) is 0 Å². The van der Waals surface area contributed by atoms with Gasteiger partial charge in [-0.25, -0.2) is 38.1 Å². The highest BCUT2D eigenvalue weighted by molar-refractivity contribution is 5.97. The lowest BCUT2D eigenvalue weighted by Crippen LogP contribution is -2.55. The van der Waals surface area contributed by atoms with Gasteiger partial charge in [-0.3, -0.25) is 63.4 Å². The number of hydrogen-bond donors (Lipinski definition) is 11. The number of rotatable bonds is 43. The van der Waals surface area contributed by atoms with E-state index in [1.165, 1.54) is 12.4 Å². The summed E-state index contributed by atoms with van der Waals surface area (Å²) in [5.74, 6) is -14.9. The Labute approximate surface area is 595 Å². The molecule has 44 heteroatoms. The standard InChI is InChI=1S/C60H93N17O27/c1-59(2,3)103-57(93)61-18-16-15-17-34(71-58(94)104-60(4,5)6)50(86)68-37(49(85)63-27-33-29-77(75-73-33)31-65-36(52(88)70-41(56(92)102-14)25-48(84)98-10)20-44(80)67-39(54(90)100-12)23-46(82)96-8)21-42(78)62-26-32-28-76(74-72-32)30-64-35(51(87)69-40(55(91)101-13)24-47(83)97-9)19-43(79)66-38(53(89)99-11)22-45(81)95-7/h28-29,34-41,64-65H,15-27,30-31H2,1-14H3,(H,61,93)(H,62,78)(H,63,85)(H,66,79)(H,67,80)(H,68,86)(H,69,87)(H,70,88)(H,71,94)/t34-,35-,36-,37-,38-,39-,40-,41-/m0/s1. The van der Waals surface area contributed by atoms with Crippen LogP contribution in [0.1, 0.15) is 117 Å². The zero-order valence-electron chi connectivity index (χ0n) is 60.1. The van der Waals surface area contributed by atoms with Gasteiger partial charge in [0.2, 0.25) is 41.4 Å². The first-order chi connectivity index (χ1) is 48.9. The molecule has 0 radical (unpaired) electrons. The molecule has 11 N–H and O–H groups in total. The Morgan fingerprint density at radius 1 is 0.365 bits per heavy atom. The number of ether oxygens (including phenoxy) is 10. The number of unbranched alkanes of at least 4 members (excludes halogenated alkanes) is 1. The van der Waals surface area contributed by atoms with Gasteiger partial charge in [0.05, 0.1) is 153 Å². The van der Waals surface area contributed by atoms with Crippen LogP contribution >= 0.6 is 0 Å². The van der Waals surface area contributed by atoms with Crippen molar-refractivity contribution in [2.24, 2.45) is 0 Å². The van der Waals surface area contributed by atoms with E-state index in [1.807, 2.05) is 0 Å². The number of carbonyl (C=O) groups excluding carboxylic acids is 17. The predicted octanol–water partition coefficient (Wildman–Crippen LogP) is -5.24. The molecule has 2 rings (SSSR count). The van der Waals surface area contributed by atoms with Crippen LogP contribution in [-0.2, 0) is 146 Å². The van der Waals surface area contributed by atoms with Crippen molar-refractivity contribution in [1.29, 1.82) is 0 Å². The monoisotopic (exact) mass is 1480 g/mol. The topological polar surface area (TPSA) is 576 Å². The van der Waals surface area contributed by atoms with Crippen LogP contribution in [0, 0.1) is 0 Å². The van der Waals surface area contributed by atoms with Crippen LogP contribution in [0.15, 0.2) is 12.4 Å². The number of carbonyl (C=O) groups is 17. The maximum Gasteiger partial charge on any atom is 0.408 e. The predicted molar refractivity (Wildman–Crippen MR) is 347 cm³/mol. The second-order valence-corrected chi connectivity index (χ2v) is 24.2. The normalized spacial score (nSPS) is 13.3. The Morgan fingerprint density at radius 2 is 0.712 bits per heavy atom. The molecule has 0 aliphatic rings. The van der Waals surface area contributed by atoms with E-state index in [9.17, 15) is 81.5 Å². The first-order valence-electron chi connectivity index (χ1n) is 31.7. The Morgan fingerprint density at radius 3 is 1.09 bits per heavy atom. The molecule has 44 nitrogen and oxygen atoms in total. The molecule has 580 valence electrons. The lowest BCUT2D eigenvalue weighted by molar-refractivity contribution is -0.151. The van der Waals surface area contributed by atoms with Gasteiger partial charge in [0.25, 0.3) is 0 Å². The van der Waals surface area contributed by atoms with Crippen molar-refractivity contribution in [3.05, 3.63) is 23.8 Å². The molecule has 2 heterocycles. The number of nitrogens with zero attached hydrogens (tertiary/aromatic N) is 6. The highest BCUT2D eigenvalue weighted by atomic mass is 16.6. The number of esters is 8. The fraction of sp³-hybridized carbons (Fsp3) is 0.650. The Hall–Kier alpha value is -11.2. The number of hydrogen-bond acceptors (Lipinski definition) is 33. The first kappa shape index (κ1) is 88.9. The molecule has 104 heavy (non-hydrogen) atoms. The highest BCUT2D eigenvalue weighted by Crippen LogP contribution is 2.13. The smallest absolute Gasteiger partial charge is 0.408 e. The number of amides is 9. The van der Waals surface area contributed by atoms with Crippen molar-refractivity contribution in [1.82, 2.24) is 88.5 Å². The van der Waals surface area contributed by atoms with Gasteiger partial charge in [-0.15, -0.1) is 10.2 Å². The van der Waals surface area contributed by atoms with Crippen molar-refractivity contribution in [3.8, 4) is 0 Å². The van der Waals surface area contributed by atoms with Gasteiger partial charge < -0.3 is 95.2 Å². The number of nitrogens with one attached hydrogen (secondary N) is 11. The van der Waals surface area contributed by atoms with Crippen LogP contribution in [0.5, 0.6) is 0 Å². The quantitative estimate of drug-likeness (QED) is 0.0168. The lowest BCUT2D eigenvalue weighted by Gasteiger charge is -2.25. The van der Waals surface area contributed by atoms with E-state index in [0.717, 1.165) is 66.2 Å². The second-order valence-electron chi connectivity index (χ2n) is 24.2. The van der Waals surface area contributed by atoms with E-state index in [1.54, 1.807) is 41.5 Å². The van der Waals surface area contributed by atoms with E-state index in [2.05, 4.69) is 108 Å². The molecule has 0 unspecified atom stereocenters. The molecule has 2 aromatic heterocycles. The van der Waals surface area contributed by atoms with Crippen LogP contribution in [0.25, 0.3) is 0 Å². The molecule has 0 bridgehead atoms. The minimum atomic E-state index is -1.75. The highest BCUT2D eigenvalue weighted by Gasteiger charge is 2.36. The first-order valence-corrected chi connectivity index (χ1v) is 31.7. The largest absolute Gasteiger partial charge is 0.469 e. The second kappa shape index (κ2) is 44.9. The fourth-order valence-corrected chi connectivity index (χ4v) is 8.61. The summed E-state index contributed by atoms with van der Waals surface area (Å²) in [6.45, 7) is 8.02. The van der Waals surface area contributed by atoms with Crippen LogP contribution in [-0.4, -0.2) is 254 Å². The summed E-state index contributed by atoms with van der Waals surface area (Å²) >= 11 is 0. The van der Waals surface area contributed by atoms with Gasteiger partial charge in [0, 0.05) is 6.54 Å². The third-order valence-corrected chi connectivity index (χ3v) is 13.8. The van der Waals surface area contributed by atoms with Crippen LogP contribution in [0.4, 0.5) is 9.59 Å².